The number of carbonyl (C=O) groups excluding carboxylic acids is 1. The average molecular weight is 276 g/mol. The van der Waals surface area contributed by atoms with E-state index in [2.05, 4.69) is 17.2 Å². The number of carbonyl (C=O) groups is 2. The molecule has 5 nitrogen and oxygen atoms in total. The third-order valence-corrected chi connectivity index (χ3v) is 2.70. The van der Waals surface area contributed by atoms with E-state index in [1.807, 2.05) is 32.0 Å². The lowest BCUT2D eigenvalue weighted by Crippen LogP contribution is -2.39. The van der Waals surface area contributed by atoms with E-state index in [1.54, 1.807) is 6.08 Å². The first-order valence-electron chi connectivity index (χ1n) is 6.37. The third-order valence-electron chi connectivity index (χ3n) is 2.70. The quantitative estimate of drug-likeness (QED) is 0.664. The first kappa shape index (κ1) is 15.9. The highest BCUT2D eigenvalue weighted by molar-refractivity contribution is 5.94. The van der Waals surface area contributed by atoms with Crippen LogP contribution in [0, 0.1) is 13.8 Å². The minimum atomic E-state index is -1.05. The van der Waals surface area contributed by atoms with Crippen LogP contribution in [0.1, 0.15) is 17.5 Å². The second-order valence-electron chi connectivity index (χ2n) is 4.72. The maximum atomic E-state index is 11.9. The summed E-state index contributed by atoms with van der Waals surface area (Å²) < 4.78 is 0. The molecule has 3 N–H and O–H groups in total. The molecule has 0 aliphatic heterocycles. The molecule has 1 atom stereocenters. The number of nitrogens with one attached hydrogen (secondary N) is 2. The Hall–Kier alpha value is -2.14. The predicted octanol–water partition coefficient (Wildman–Crippen LogP) is 1.86. The third kappa shape index (κ3) is 5.24. The van der Waals surface area contributed by atoms with Crippen LogP contribution in [0.25, 0.3) is 0 Å². The second-order valence-corrected chi connectivity index (χ2v) is 4.72. The highest BCUT2D eigenvalue weighted by atomic mass is 16.4. The predicted molar refractivity (Wildman–Crippen MR) is 78.8 cm³/mol. The number of carboxylic acids is 1. The number of aryl methyl sites for hydroxylation is 2. The van der Waals surface area contributed by atoms with Gasteiger partial charge in [0.25, 0.3) is 0 Å². The average Bonchev–Trinajstić information content (AvgIpc) is 2.32. The van der Waals surface area contributed by atoms with Crippen molar-refractivity contribution in [3.05, 3.63) is 42.0 Å². The summed E-state index contributed by atoms with van der Waals surface area (Å²) in [6.45, 7) is 7.72. The van der Waals surface area contributed by atoms with Crippen LogP contribution >= 0.6 is 0 Å². The monoisotopic (exact) mass is 276 g/mol. The smallest absolute Gasteiger partial charge is 0.321 e. The Morgan fingerprint density at radius 2 is 1.90 bits per heavy atom. The maximum Gasteiger partial charge on any atom is 0.321 e. The molecule has 0 aliphatic rings. The van der Waals surface area contributed by atoms with E-state index in [1.165, 1.54) is 0 Å². The van der Waals surface area contributed by atoms with Crippen LogP contribution in [0.4, 0.5) is 5.69 Å². The summed E-state index contributed by atoms with van der Waals surface area (Å²) in [7, 11) is 0. The van der Waals surface area contributed by atoms with Gasteiger partial charge in [0, 0.05) is 12.2 Å². The lowest BCUT2D eigenvalue weighted by atomic mass is 10.1. The normalized spacial score (nSPS) is 11.7. The topological polar surface area (TPSA) is 78.4 Å². The molecule has 0 heterocycles. The molecule has 0 aliphatic carbocycles. The lowest BCUT2D eigenvalue weighted by Gasteiger charge is -2.13. The van der Waals surface area contributed by atoms with E-state index < -0.39 is 12.0 Å². The molecular formula is C15H20N2O3. The summed E-state index contributed by atoms with van der Waals surface area (Å²) in [5.41, 5.74) is 2.76. The van der Waals surface area contributed by atoms with Crippen molar-refractivity contribution in [2.75, 3.05) is 11.9 Å². The number of anilines is 1. The SMILES string of the molecule is C=CCNC(CC(=O)Nc1cc(C)cc(C)c1)C(=O)O. The van der Waals surface area contributed by atoms with Gasteiger partial charge in [0.15, 0.2) is 0 Å². The van der Waals surface area contributed by atoms with Crippen LogP contribution < -0.4 is 10.6 Å². The van der Waals surface area contributed by atoms with Crippen molar-refractivity contribution in [2.24, 2.45) is 0 Å². The molecule has 0 radical (unpaired) electrons. The number of benzene rings is 1. The van der Waals surface area contributed by atoms with Crippen LogP contribution in [0.5, 0.6) is 0 Å². The number of rotatable bonds is 7. The summed E-state index contributed by atoms with van der Waals surface area (Å²) >= 11 is 0. The molecule has 1 amide bonds. The zero-order valence-corrected chi connectivity index (χ0v) is 11.8. The molecule has 20 heavy (non-hydrogen) atoms. The number of hydrogen-bond acceptors (Lipinski definition) is 3. The van der Waals surface area contributed by atoms with Gasteiger partial charge >= 0.3 is 5.97 Å². The largest absolute Gasteiger partial charge is 0.480 e. The van der Waals surface area contributed by atoms with Gasteiger partial charge in [-0.25, -0.2) is 0 Å². The van der Waals surface area contributed by atoms with Gasteiger partial charge in [0.2, 0.25) is 5.91 Å². The molecule has 108 valence electrons. The molecular weight excluding hydrogens is 256 g/mol. The summed E-state index contributed by atoms with van der Waals surface area (Å²) in [5, 5.41) is 14.5. The maximum absolute atomic E-state index is 11.9. The van der Waals surface area contributed by atoms with Gasteiger partial charge in [-0.1, -0.05) is 12.1 Å². The van der Waals surface area contributed by atoms with E-state index in [0.29, 0.717) is 12.2 Å². The van der Waals surface area contributed by atoms with Gasteiger partial charge in [-0.3, -0.25) is 9.59 Å². The molecule has 0 spiro atoms. The van der Waals surface area contributed by atoms with Crippen LogP contribution in [0.2, 0.25) is 0 Å². The molecule has 0 saturated heterocycles. The van der Waals surface area contributed by atoms with Crippen molar-refractivity contribution in [1.82, 2.24) is 5.32 Å². The fourth-order valence-corrected chi connectivity index (χ4v) is 1.92. The Morgan fingerprint density at radius 1 is 1.30 bits per heavy atom. The van der Waals surface area contributed by atoms with E-state index >= 15 is 0 Å². The van der Waals surface area contributed by atoms with Gasteiger partial charge in [0.1, 0.15) is 6.04 Å². The highest BCUT2D eigenvalue weighted by Gasteiger charge is 2.20. The number of carboxylic acid groups (broad SMARTS) is 1. The minimum Gasteiger partial charge on any atom is -0.480 e. The van der Waals surface area contributed by atoms with Crippen molar-refractivity contribution in [3.8, 4) is 0 Å². The van der Waals surface area contributed by atoms with Crippen LogP contribution in [-0.4, -0.2) is 29.6 Å². The molecule has 0 saturated carbocycles. The molecule has 1 aromatic carbocycles. The highest BCUT2D eigenvalue weighted by Crippen LogP contribution is 2.14. The molecule has 0 fully saturated rings. The van der Waals surface area contributed by atoms with Crippen molar-refractivity contribution >= 4 is 17.6 Å². The minimum absolute atomic E-state index is 0.129. The summed E-state index contributed by atoms with van der Waals surface area (Å²) in [5.74, 6) is -1.39. The van der Waals surface area contributed by atoms with E-state index in [0.717, 1.165) is 11.1 Å². The van der Waals surface area contributed by atoms with Crippen molar-refractivity contribution in [3.63, 3.8) is 0 Å². The zero-order valence-electron chi connectivity index (χ0n) is 11.8. The molecule has 0 bridgehead atoms. The lowest BCUT2D eigenvalue weighted by molar-refractivity contribution is -0.140. The van der Waals surface area contributed by atoms with Crippen molar-refractivity contribution < 1.29 is 14.7 Å². The molecule has 1 rings (SSSR count). The van der Waals surface area contributed by atoms with E-state index in [4.69, 9.17) is 5.11 Å². The number of aliphatic carboxylic acids is 1. The van der Waals surface area contributed by atoms with E-state index in [9.17, 15) is 9.59 Å². The van der Waals surface area contributed by atoms with Crippen LogP contribution in [0.15, 0.2) is 30.9 Å². The summed E-state index contributed by atoms with van der Waals surface area (Å²) in [4.78, 5) is 22.9. The summed E-state index contributed by atoms with van der Waals surface area (Å²) in [6.07, 6.45) is 1.42. The Kier molecular flexibility index (Phi) is 5.93. The molecule has 5 heteroatoms. The van der Waals surface area contributed by atoms with Crippen LogP contribution in [-0.2, 0) is 9.59 Å². The fourth-order valence-electron chi connectivity index (χ4n) is 1.92. The Morgan fingerprint density at radius 3 is 2.40 bits per heavy atom. The van der Waals surface area contributed by atoms with Gasteiger partial charge < -0.3 is 15.7 Å². The van der Waals surface area contributed by atoms with Gasteiger partial charge in [-0.2, -0.15) is 0 Å². The van der Waals surface area contributed by atoms with Gasteiger partial charge in [-0.15, -0.1) is 6.58 Å². The first-order valence-corrected chi connectivity index (χ1v) is 6.37. The summed E-state index contributed by atoms with van der Waals surface area (Å²) in [6, 6.07) is 4.77. The Balaban J connectivity index is 2.65. The number of amides is 1. The standard InChI is InChI=1S/C15H20N2O3/c1-4-5-16-13(15(19)20)9-14(18)17-12-7-10(2)6-11(3)8-12/h4,6-8,13,16H,1,5,9H2,2-3H3,(H,17,18)(H,19,20). The Bertz CT molecular complexity index is 492. The van der Waals surface area contributed by atoms with Crippen molar-refractivity contribution in [1.29, 1.82) is 0 Å². The fraction of sp³-hybridized carbons (Fsp3) is 0.333. The van der Waals surface area contributed by atoms with Gasteiger partial charge in [0.05, 0.1) is 6.42 Å². The Labute approximate surface area is 118 Å². The first-order chi connectivity index (χ1) is 9.42. The number of hydrogen-bond donors (Lipinski definition) is 3. The molecule has 1 aromatic rings. The van der Waals surface area contributed by atoms with Crippen LogP contribution in [0.3, 0.4) is 0 Å². The van der Waals surface area contributed by atoms with E-state index in [-0.39, 0.29) is 12.3 Å². The molecule has 0 aromatic heterocycles. The zero-order chi connectivity index (χ0) is 15.1. The van der Waals surface area contributed by atoms with Gasteiger partial charge in [-0.05, 0) is 37.1 Å². The van der Waals surface area contributed by atoms with Crippen molar-refractivity contribution in [2.45, 2.75) is 26.3 Å². The molecule has 1 unspecified atom stereocenters. The second kappa shape index (κ2) is 7.45.